The van der Waals surface area contributed by atoms with Gasteiger partial charge >= 0.3 is 5.88 Å². The number of nitrogens with zero attached hydrogens (tertiary/aromatic N) is 2. The van der Waals surface area contributed by atoms with E-state index in [1.807, 2.05) is 0 Å². The van der Waals surface area contributed by atoms with Gasteiger partial charge in [0.1, 0.15) is 10.7 Å². The van der Waals surface area contributed by atoms with E-state index in [0.717, 1.165) is 0 Å². The zero-order chi connectivity index (χ0) is 15.2. The van der Waals surface area contributed by atoms with E-state index in [1.54, 1.807) is 24.3 Å². The van der Waals surface area contributed by atoms with Crippen LogP contribution in [0.3, 0.4) is 0 Å². The summed E-state index contributed by atoms with van der Waals surface area (Å²) in [5, 5.41) is 14.1. The maximum atomic E-state index is 11.8. The van der Waals surface area contributed by atoms with E-state index in [4.69, 9.17) is 9.15 Å². The molecule has 0 radical (unpaired) electrons. The summed E-state index contributed by atoms with van der Waals surface area (Å²) >= 11 is 0. The van der Waals surface area contributed by atoms with E-state index >= 15 is 0 Å². The highest BCUT2D eigenvalue weighted by molar-refractivity contribution is 5.95. The summed E-state index contributed by atoms with van der Waals surface area (Å²) in [6, 6.07) is 9.12. The predicted octanol–water partition coefficient (Wildman–Crippen LogP) is 1.96. The first-order valence-corrected chi connectivity index (χ1v) is 5.82. The fourth-order valence-electron chi connectivity index (χ4n) is 1.49. The molecule has 2 aromatic rings. The van der Waals surface area contributed by atoms with Crippen LogP contribution in [0.25, 0.3) is 0 Å². The Morgan fingerprint density at radius 3 is 2.90 bits per heavy atom. The average Bonchev–Trinajstić information content (AvgIpc) is 2.96. The minimum atomic E-state index is -0.661. The van der Waals surface area contributed by atoms with Gasteiger partial charge in [0.25, 0.3) is 5.91 Å². The molecule has 2 rings (SSSR count). The summed E-state index contributed by atoms with van der Waals surface area (Å²) in [7, 11) is 1.50. The minimum Gasteiger partial charge on any atom is -0.497 e. The Labute approximate surface area is 119 Å². The van der Waals surface area contributed by atoms with Crippen molar-refractivity contribution in [2.24, 2.45) is 5.10 Å². The first kappa shape index (κ1) is 14.3. The highest BCUT2D eigenvalue weighted by atomic mass is 16.6. The van der Waals surface area contributed by atoms with Crippen LogP contribution >= 0.6 is 0 Å². The predicted molar refractivity (Wildman–Crippen MR) is 73.4 cm³/mol. The number of amides is 1. The number of hydrogen-bond acceptors (Lipinski definition) is 6. The van der Waals surface area contributed by atoms with Crippen molar-refractivity contribution in [1.29, 1.82) is 0 Å². The second kappa shape index (κ2) is 6.33. The van der Waals surface area contributed by atoms with Gasteiger partial charge in [0.05, 0.1) is 19.4 Å². The Morgan fingerprint density at radius 1 is 1.43 bits per heavy atom. The molecule has 21 heavy (non-hydrogen) atoms. The van der Waals surface area contributed by atoms with E-state index in [-0.39, 0.29) is 5.76 Å². The van der Waals surface area contributed by atoms with Crippen molar-refractivity contribution < 1.29 is 18.9 Å². The summed E-state index contributed by atoms with van der Waals surface area (Å²) in [6.07, 6.45) is 1.17. The summed E-state index contributed by atoms with van der Waals surface area (Å²) in [6.45, 7) is 0. The van der Waals surface area contributed by atoms with E-state index in [0.29, 0.717) is 11.3 Å². The van der Waals surface area contributed by atoms with Crippen molar-refractivity contribution in [3.8, 4) is 5.75 Å². The molecule has 108 valence electrons. The highest BCUT2D eigenvalue weighted by Crippen LogP contribution is 2.14. The van der Waals surface area contributed by atoms with Crippen molar-refractivity contribution in [3.05, 3.63) is 57.8 Å². The van der Waals surface area contributed by atoms with E-state index in [2.05, 4.69) is 10.5 Å². The largest absolute Gasteiger partial charge is 0.497 e. The Bertz CT molecular complexity index is 693. The molecule has 0 bridgehead atoms. The molecule has 0 aliphatic rings. The molecule has 0 saturated heterocycles. The topological polar surface area (TPSA) is 107 Å². The van der Waals surface area contributed by atoms with Gasteiger partial charge in [0.15, 0.2) is 5.76 Å². The number of furan rings is 1. The quantitative estimate of drug-likeness (QED) is 0.514. The molecule has 1 aromatic carbocycles. The standard InChI is InChI=1S/C13H11N3O5/c1-20-10-4-2-3-9(7-10)13(17)15-14-8-11-5-6-12(21-11)16(18)19/h2-8H,1H3,(H,15,17)/b14-8-. The van der Waals surface area contributed by atoms with Gasteiger partial charge in [-0.05, 0) is 24.3 Å². The number of hydrogen-bond donors (Lipinski definition) is 1. The zero-order valence-corrected chi connectivity index (χ0v) is 11.0. The lowest BCUT2D eigenvalue weighted by atomic mass is 10.2. The van der Waals surface area contributed by atoms with Gasteiger partial charge in [-0.25, -0.2) is 5.43 Å². The van der Waals surface area contributed by atoms with Crippen LogP contribution in [0.1, 0.15) is 16.1 Å². The number of benzene rings is 1. The van der Waals surface area contributed by atoms with Gasteiger partial charge in [-0.3, -0.25) is 14.9 Å². The van der Waals surface area contributed by atoms with Crippen LogP contribution in [0.2, 0.25) is 0 Å². The molecule has 1 aromatic heterocycles. The number of carbonyl (C=O) groups is 1. The van der Waals surface area contributed by atoms with E-state index in [1.165, 1.54) is 25.5 Å². The normalized spacial score (nSPS) is 10.5. The molecular weight excluding hydrogens is 278 g/mol. The maximum Gasteiger partial charge on any atom is 0.433 e. The Hall–Kier alpha value is -3.16. The van der Waals surface area contributed by atoms with Crippen molar-refractivity contribution in [2.45, 2.75) is 0 Å². The van der Waals surface area contributed by atoms with Gasteiger partial charge in [-0.15, -0.1) is 0 Å². The summed E-state index contributed by atoms with van der Waals surface area (Å²) in [5.41, 5.74) is 2.65. The maximum absolute atomic E-state index is 11.8. The lowest BCUT2D eigenvalue weighted by Gasteiger charge is -2.02. The van der Waals surface area contributed by atoms with Crippen LogP contribution < -0.4 is 10.2 Å². The molecule has 1 heterocycles. The highest BCUT2D eigenvalue weighted by Gasteiger charge is 2.10. The van der Waals surface area contributed by atoms with Crippen LogP contribution in [0.15, 0.2) is 45.9 Å². The Morgan fingerprint density at radius 2 is 2.24 bits per heavy atom. The van der Waals surface area contributed by atoms with Gasteiger partial charge in [0.2, 0.25) is 0 Å². The summed E-state index contributed by atoms with van der Waals surface area (Å²) < 4.78 is 9.86. The fourth-order valence-corrected chi connectivity index (χ4v) is 1.49. The first-order chi connectivity index (χ1) is 10.1. The van der Waals surface area contributed by atoms with E-state index in [9.17, 15) is 14.9 Å². The molecule has 0 saturated carbocycles. The third kappa shape index (κ3) is 3.66. The van der Waals surface area contributed by atoms with Gasteiger partial charge in [-0.1, -0.05) is 6.07 Å². The summed E-state index contributed by atoms with van der Waals surface area (Å²) in [4.78, 5) is 21.6. The molecule has 0 aliphatic carbocycles. The van der Waals surface area contributed by atoms with Gasteiger partial charge < -0.3 is 9.15 Å². The number of ether oxygens (including phenoxy) is 1. The van der Waals surface area contributed by atoms with Crippen molar-refractivity contribution in [3.63, 3.8) is 0 Å². The lowest BCUT2D eigenvalue weighted by Crippen LogP contribution is -2.17. The molecule has 0 fully saturated rings. The third-order valence-corrected chi connectivity index (χ3v) is 2.48. The second-order valence-electron chi connectivity index (χ2n) is 3.86. The lowest BCUT2D eigenvalue weighted by molar-refractivity contribution is -0.402. The monoisotopic (exact) mass is 289 g/mol. The molecule has 8 nitrogen and oxygen atoms in total. The third-order valence-electron chi connectivity index (χ3n) is 2.48. The molecule has 0 unspecified atom stereocenters. The van der Waals surface area contributed by atoms with Crippen molar-refractivity contribution >= 4 is 18.0 Å². The number of hydrazone groups is 1. The van der Waals surface area contributed by atoms with Crippen LogP contribution in [-0.4, -0.2) is 24.2 Å². The van der Waals surface area contributed by atoms with Crippen LogP contribution in [0, 0.1) is 10.1 Å². The molecule has 1 amide bonds. The van der Waals surface area contributed by atoms with Crippen LogP contribution in [-0.2, 0) is 0 Å². The summed E-state index contributed by atoms with van der Waals surface area (Å²) in [5.74, 6) is -0.122. The average molecular weight is 289 g/mol. The molecule has 1 N–H and O–H groups in total. The fraction of sp³-hybridized carbons (Fsp3) is 0.0769. The molecule has 0 atom stereocenters. The smallest absolute Gasteiger partial charge is 0.433 e. The van der Waals surface area contributed by atoms with Crippen molar-refractivity contribution in [2.75, 3.05) is 7.11 Å². The number of nitro groups is 1. The van der Waals surface area contributed by atoms with E-state index < -0.39 is 16.7 Å². The number of carbonyl (C=O) groups excluding carboxylic acids is 1. The zero-order valence-electron chi connectivity index (χ0n) is 11.0. The molecule has 0 aliphatic heterocycles. The minimum absolute atomic E-state index is 0.160. The van der Waals surface area contributed by atoms with Gasteiger partial charge in [0, 0.05) is 5.56 Å². The van der Waals surface area contributed by atoms with Crippen LogP contribution in [0.4, 0.5) is 5.88 Å². The second-order valence-corrected chi connectivity index (χ2v) is 3.86. The van der Waals surface area contributed by atoms with Gasteiger partial charge in [-0.2, -0.15) is 5.10 Å². The molecule has 8 heteroatoms. The Kier molecular flexibility index (Phi) is 4.30. The van der Waals surface area contributed by atoms with Crippen LogP contribution in [0.5, 0.6) is 5.75 Å². The van der Waals surface area contributed by atoms with Crippen molar-refractivity contribution in [1.82, 2.24) is 5.43 Å². The number of nitrogens with one attached hydrogen (secondary N) is 1. The number of methoxy groups -OCH3 is 1. The molecular formula is C13H11N3O5. The Balaban J connectivity index is 1.99. The molecule has 0 spiro atoms. The number of rotatable bonds is 5. The SMILES string of the molecule is COc1cccc(C(=O)N/N=C\c2ccc([N+](=O)[O-])o2)c1. The first-order valence-electron chi connectivity index (χ1n) is 5.82.